The number of benzene rings is 1. The van der Waals surface area contributed by atoms with Crippen LogP contribution in [0.5, 0.6) is 0 Å². The van der Waals surface area contributed by atoms with Crippen molar-refractivity contribution in [2.75, 3.05) is 0 Å². The largest absolute Gasteiger partial charge is 0.466 e. The third-order valence-corrected chi connectivity index (χ3v) is 3.47. The van der Waals surface area contributed by atoms with Crippen molar-refractivity contribution in [1.29, 1.82) is 0 Å². The minimum absolute atomic E-state index is 0.391. The fraction of sp³-hybridized carbons (Fsp3) is 0.118. The summed E-state index contributed by atoms with van der Waals surface area (Å²) in [5.41, 5.74) is 6.36. The van der Waals surface area contributed by atoms with Gasteiger partial charge >= 0.3 is 0 Å². The van der Waals surface area contributed by atoms with Crippen LogP contribution in [0.2, 0.25) is 0 Å². The van der Waals surface area contributed by atoms with E-state index in [0.717, 1.165) is 5.39 Å². The van der Waals surface area contributed by atoms with Crippen molar-refractivity contribution >= 4 is 22.7 Å². The first-order chi connectivity index (χ1) is 11.1. The van der Waals surface area contributed by atoms with Gasteiger partial charge in [-0.2, -0.15) is 0 Å². The Morgan fingerprint density at radius 2 is 1.74 bits per heavy atom. The van der Waals surface area contributed by atoms with Gasteiger partial charge < -0.3 is 4.42 Å². The van der Waals surface area contributed by atoms with Gasteiger partial charge in [-0.3, -0.25) is 25.4 Å². The number of amides is 2. The first-order valence-electron chi connectivity index (χ1n) is 7.08. The van der Waals surface area contributed by atoms with Gasteiger partial charge in [0, 0.05) is 11.6 Å². The molecular weight excluding hydrogens is 294 g/mol. The van der Waals surface area contributed by atoms with Crippen molar-refractivity contribution in [3.05, 3.63) is 65.2 Å². The lowest BCUT2D eigenvalue weighted by atomic mass is 10.1. The number of nitrogens with zero attached hydrogens (tertiary/aromatic N) is 1. The van der Waals surface area contributed by atoms with Crippen molar-refractivity contribution < 1.29 is 14.0 Å². The third kappa shape index (κ3) is 2.91. The summed E-state index contributed by atoms with van der Waals surface area (Å²) in [6, 6.07) is 10.4. The molecule has 6 heteroatoms. The lowest BCUT2D eigenvalue weighted by Crippen LogP contribution is -2.41. The molecule has 3 aromatic rings. The lowest BCUT2D eigenvalue weighted by molar-refractivity contribution is 0.0846. The van der Waals surface area contributed by atoms with Crippen LogP contribution in [0.25, 0.3) is 10.9 Å². The molecule has 0 saturated carbocycles. The van der Waals surface area contributed by atoms with Crippen LogP contribution in [0.15, 0.2) is 47.0 Å². The van der Waals surface area contributed by atoms with Gasteiger partial charge in [0.2, 0.25) is 0 Å². The number of aromatic nitrogens is 1. The summed E-state index contributed by atoms with van der Waals surface area (Å²) in [5, 5.41) is 0.720. The maximum absolute atomic E-state index is 12.3. The standard InChI is InChI=1S/C17H15N3O3/c1-10-9-14(11(2)23-10)17(22)20-19-16(21)13-5-3-7-15-12(13)6-4-8-18-15/h3-9H,1-2H3,(H,19,21)(H,20,22). The Kier molecular flexibility index (Phi) is 3.80. The van der Waals surface area contributed by atoms with Crippen LogP contribution in [-0.4, -0.2) is 16.8 Å². The molecule has 0 fully saturated rings. The van der Waals surface area contributed by atoms with E-state index in [1.165, 1.54) is 0 Å². The summed E-state index contributed by atoms with van der Waals surface area (Å²) < 4.78 is 5.30. The van der Waals surface area contributed by atoms with Crippen molar-refractivity contribution in [1.82, 2.24) is 15.8 Å². The molecular formula is C17H15N3O3. The molecule has 2 heterocycles. The summed E-state index contributed by atoms with van der Waals surface area (Å²) >= 11 is 0. The van der Waals surface area contributed by atoms with Gasteiger partial charge in [-0.05, 0) is 38.1 Å². The summed E-state index contributed by atoms with van der Waals surface area (Å²) in [6.45, 7) is 3.45. The van der Waals surface area contributed by atoms with Crippen LogP contribution in [0, 0.1) is 13.8 Å². The summed E-state index contributed by atoms with van der Waals surface area (Å²) in [7, 11) is 0. The van der Waals surface area contributed by atoms with Gasteiger partial charge in [-0.1, -0.05) is 12.1 Å². The van der Waals surface area contributed by atoms with Crippen LogP contribution < -0.4 is 10.9 Å². The SMILES string of the molecule is Cc1cc(C(=O)NNC(=O)c2cccc3ncccc23)c(C)o1. The molecule has 0 spiro atoms. The number of carbonyl (C=O) groups excluding carboxylic acids is 2. The second-order valence-corrected chi connectivity index (χ2v) is 5.11. The second kappa shape index (κ2) is 5.92. The molecule has 2 aromatic heterocycles. The lowest BCUT2D eigenvalue weighted by Gasteiger charge is -2.08. The van der Waals surface area contributed by atoms with E-state index < -0.39 is 11.8 Å². The maximum atomic E-state index is 12.3. The molecule has 23 heavy (non-hydrogen) atoms. The Morgan fingerprint density at radius 1 is 1.00 bits per heavy atom. The molecule has 1 aromatic carbocycles. The fourth-order valence-corrected chi connectivity index (χ4v) is 2.41. The number of pyridine rings is 1. The molecule has 2 N–H and O–H groups in total. The van der Waals surface area contributed by atoms with Gasteiger partial charge in [0.15, 0.2) is 0 Å². The summed E-state index contributed by atoms with van der Waals surface area (Å²) in [5.74, 6) is 0.309. The molecule has 0 bridgehead atoms. The molecule has 0 aliphatic heterocycles. The van der Waals surface area contributed by atoms with E-state index in [1.54, 1.807) is 44.3 Å². The Bertz CT molecular complexity index is 894. The Labute approximate surface area is 132 Å². The van der Waals surface area contributed by atoms with E-state index in [4.69, 9.17) is 4.42 Å². The number of furan rings is 1. The van der Waals surface area contributed by atoms with E-state index in [0.29, 0.717) is 28.2 Å². The zero-order valence-corrected chi connectivity index (χ0v) is 12.7. The summed E-state index contributed by atoms with van der Waals surface area (Å²) in [4.78, 5) is 28.6. The molecule has 0 radical (unpaired) electrons. The number of hydrazine groups is 1. The van der Waals surface area contributed by atoms with E-state index in [1.807, 2.05) is 12.1 Å². The number of fused-ring (bicyclic) bond motifs is 1. The Hall–Kier alpha value is -3.15. The predicted octanol–water partition coefficient (Wildman–Crippen LogP) is 2.52. The van der Waals surface area contributed by atoms with Gasteiger partial charge in [0.25, 0.3) is 11.8 Å². The average Bonchev–Trinajstić information content (AvgIpc) is 2.90. The molecule has 0 aliphatic carbocycles. The van der Waals surface area contributed by atoms with Gasteiger partial charge in [0.05, 0.1) is 16.6 Å². The third-order valence-electron chi connectivity index (χ3n) is 3.47. The van der Waals surface area contributed by atoms with Gasteiger partial charge in [0.1, 0.15) is 11.5 Å². The van der Waals surface area contributed by atoms with Crippen molar-refractivity contribution in [2.45, 2.75) is 13.8 Å². The molecule has 116 valence electrons. The van der Waals surface area contributed by atoms with Crippen LogP contribution in [0.1, 0.15) is 32.2 Å². The highest BCUT2D eigenvalue weighted by atomic mass is 16.3. The number of aryl methyl sites for hydroxylation is 2. The zero-order valence-electron chi connectivity index (χ0n) is 12.7. The van der Waals surface area contributed by atoms with Crippen molar-refractivity contribution in [2.24, 2.45) is 0 Å². The zero-order chi connectivity index (χ0) is 16.4. The highest BCUT2D eigenvalue weighted by Gasteiger charge is 2.15. The predicted molar refractivity (Wildman–Crippen MR) is 84.9 cm³/mol. The minimum atomic E-state index is -0.425. The molecule has 0 atom stereocenters. The maximum Gasteiger partial charge on any atom is 0.273 e. The van der Waals surface area contributed by atoms with E-state index in [2.05, 4.69) is 15.8 Å². The number of carbonyl (C=O) groups is 2. The van der Waals surface area contributed by atoms with Gasteiger partial charge in [-0.15, -0.1) is 0 Å². The van der Waals surface area contributed by atoms with Gasteiger partial charge in [-0.25, -0.2) is 0 Å². The minimum Gasteiger partial charge on any atom is -0.466 e. The molecule has 0 saturated heterocycles. The first-order valence-corrected chi connectivity index (χ1v) is 7.08. The average molecular weight is 309 g/mol. The molecule has 3 rings (SSSR count). The molecule has 6 nitrogen and oxygen atoms in total. The van der Waals surface area contributed by atoms with Crippen LogP contribution >= 0.6 is 0 Å². The topological polar surface area (TPSA) is 84.2 Å². The monoisotopic (exact) mass is 309 g/mol. The van der Waals surface area contributed by atoms with Crippen molar-refractivity contribution in [3.63, 3.8) is 0 Å². The number of nitrogens with one attached hydrogen (secondary N) is 2. The van der Waals surface area contributed by atoms with E-state index >= 15 is 0 Å². The summed E-state index contributed by atoms with van der Waals surface area (Å²) in [6.07, 6.45) is 1.66. The van der Waals surface area contributed by atoms with Crippen LogP contribution in [0.3, 0.4) is 0 Å². The fourth-order valence-electron chi connectivity index (χ4n) is 2.41. The molecule has 0 aliphatic rings. The number of hydrogen-bond acceptors (Lipinski definition) is 4. The molecule has 2 amide bonds. The smallest absolute Gasteiger partial charge is 0.273 e. The van der Waals surface area contributed by atoms with E-state index in [-0.39, 0.29) is 0 Å². The highest BCUT2D eigenvalue weighted by Crippen LogP contribution is 2.16. The first kappa shape index (κ1) is 14.8. The normalized spacial score (nSPS) is 10.5. The Morgan fingerprint density at radius 3 is 2.43 bits per heavy atom. The second-order valence-electron chi connectivity index (χ2n) is 5.11. The Balaban J connectivity index is 1.76. The van der Waals surface area contributed by atoms with Crippen LogP contribution in [0.4, 0.5) is 0 Å². The van der Waals surface area contributed by atoms with E-state index in [9.17, 15) is 9.59 Å². The quantitative estimate of drug-likeness (QED) is 0.712. The highest BCUT2D eigenvalue weighted by molar-refractivity contribution is 6.07. The van der Waals surface area contributed by atoms with Crippen molar-refractivity contribution in [3.8, 4) is 0 Å². The number of rotatable bonds is 2. The molecule has 0 unspecified atom stereocenters. The number of hydrogen-bond donors (Lipinski definition) is 2. The van der Waals surface area contributed by atoms with Crippen LogP contribution in [-0.2, 0) is 0 Å².